The molecule has 0 radical (unpaired) electrons. The van der Waals surface area contributed by atoms with E-state index in [1.807, 2.05) is 18.2 Å². The third-order valence-corrected chi connectivity index (χ3v) is 10.8. The number of rotatable bonds is 6. The third kappa shape index (κ3) is 5.39. The molecule has 0 spiro atoms. The first-order valence-electron chi connectivity index (χ1n) is 18.9. The Labute approximate surface area is 323 Å². The monoisotopic (exact) mass is 715 g/mol. The minimum absolute atomic E-state index is 0.679. The van der Waals surface area contributed by atoms with E-state index < -0.39 is 0 Å². The van der Waals surface area contributed by atoms with Crippen LogP contribution >= 0.6 is 0 Å². The molecule has 0 atom stereocenters. The number of hydrogen-bond donors (Lipinski definition) is 0. The van der Waals surface area contributed by atoms with Crippen molar-refractivity contribution in [3.8, 4) is 61.8 Å². The average Bonchev–Trinajstić information content (AvgIpc) is 3.82. The largest absolute Gasteiger partial charge is 0.455 e. The summed E-state index contributed by atoms with van der Waals surface area (Å²) in [5.41, 5.74) is 14.3. The Balaban J connectivity index is 1.16. The number of benzene rings is 8. The van der Waals surface area contributed by atoms with Crippen LogP contribution in [0.3, 0.4) is 0 Å². The number of hydrogen-bond acceptors (Lipinski definition) is 3. The van der Waals surface area contributed by atoms with Crippen LogP contribution in [0.25, 0.3) is 106 Å². The first-order valence-corrected chi connectivity index (χ1v) is 18.9. The first kappa shape index (κ1) is 31.9. The molecule has 3 heterocycles. The third-order valence-electron chi connectivity index (χ3n) is 10.8. The smallest absolute Gasteiger partial charge is 0.160 e. The SMILES string of the molecule is c1ccc(-c2cccc(-c3cc(-n4c5ccccc5c5ccc(-c6nc(-c7ccccc7)cc(-c7ccccc7)n6)cc54)cc4c3oc3ccccc34)c2)cc1. The van der Waals surface area contributed by atoms with Crippen molar-refractivity contribution in [1.82, 2.24) is 14.5 Å². The van der Waals surface area contributed by atoms with Crippen LogP contribution in [0.15, 0.2) is 205 Å². The van der Waals surface area contributed by atoms with Crippen LogP contribution in [0.2, 0.25) is 0 Å². The lowest BCUT2D eigenvalue weighted by Gasteiger charge is -2.13. The number of aromatic nitrogens is 3. The molecule has 0 aliphatic heterocycles. The van der Waals surface area contributed by atoms with Gasteiger partial charge in [-0.25, -0.2) is 9.97 Å². The highest BCUT2D eigenvalue weighted by Crippen LogP contribution is 2.42. The molecule has 262 valence electrons. The molecular formula is C52H33N3O. The Morgan fingerprint density at radius 3 is 1.68 bits per heavy atom. The van der Waals surface area contributed by atoms with Gasteiger partial charge in [-0.1, -0.05) is 158 Å². The normalized spacial score (nSPS) is 11.6. The zero-order valence-corrected chi connectivity index (χ0v) is 30.3. The molecule has 4 nitrogen and oxygen atoms in total. The quantitative estimate of drug-likeness (QED) is 0.172. The van der Waals surface area contributed by atoms with Gasteiger partial charge in [-0.05, 0) is 59.2 Å². The second-order valence-electron chi connectivity index (χ2n) is 14.2. The molecule has 0 unspecified atom stereocenters. The summed E-state index contributed by atoms with van der Waals surface area (Å²) in [7, 11) is 0. The van der Waals surface area contributed by atoms with Crippen molar-refractivity contribution in [3.63, 3.8) is 0 Å². The summed E-state index contributed by atoms with van der Waals surface area (Å²) in [5.74, 6) is 0.679. The second-order valence-corrected chi connectivity index (χ2v) is 14.2. The predicted molar refractivity (Wildman–Crippen MR) is 231 cm³/mol. The molecule has 56 heavy (non-hydrogen) atoms. The number of nitrogens with zero attached hydrogens (tertiary/aromatic N) is 3. The minimum atomic E-state index is 0.679. The van der Waals surface area contributed by atoms with E-state index in [0.29, 0.717) is 5.82 Å². The molecule has 0 saturated carbocycles. The van der Waals surface area contributed by atoms with Gasteiger partial charge in [-0.3, -0.25) is 0 Å². The van der Waals surface area contributed by atoms with Gasteiger partial charge < -0.3 is 8.98 Å². The van der Waals surface area contributed by atoms with E-state index in [0.717, 1.165) is 88.8 Å². The molecule has 4 heteroatoms. The molecule has 0 N–H and O–H groups in total. The fraction of sp³-hybridized carbons (Fsp3) is 0. The molecule has 11 aromatic rings. The van der Waals surface area contributed by atoms with Gasteiger partial charge >= 0.3 is 0 Å². The molecule has 0 amide bonds. The summed E-state index contributed by atoms with van der Waals surface area (Å²) >= 11 is 0. The molecule has 0 aliphatic rings. The maximum atomic E-state index is 6.68. The second kappa shape index (κ2) is 13.1. The summed E-state index contributed by atoms with van der Waals surface area (Å²) < 4.78 is 9.07. The lowest BCUT2D eigenvalue weighted by Crippen LogP contribution is -1.97. The highest BCUT2D eigenvalue weighted by Gasteiger charge is 2.20. The van der Waals surface area contributed by atoms with E-state index in [4.69, 9.17) is 14.4 Å². The van der Waals surface area contributed by atoms with Gasteiger partial charge in [0.25, 0.3) is 0 Å². The average molecular weight is 716 g/mol. The molecule has 0 fully saturated rings. The van der Waals surface area contributed by atoms with Crippen LogP contribution in [0.1, 0.15) is 0 Å². The van der Waals surface area contributed by atoms with Gasteiger partial charge in [0.15, 0.2) is 5.82 Å². The van der Waals surface area contributed by atoms with Gasteiger partial charge in [0.1, 0.15) is 11.2 Å². The lowest BCUT2D eigenvalue weighted by atomic mass is 9.97. The summed E-state index contributed by atoms with van der Waals surface area (Å²) in [4.78, 5) is 10.4. The minimum Gasteiger partial charge on any atom is -0.455 e. The van der Waals surface area contributed by atoms with Crippen LogP contribution in [0, 0.1) is 0 Å². The van der Waals surface area contributed by atoms with Crippen LogP contribution < -0.4 is 0 Å². The predicted octanol–water partition coefficient (Wildman–Crippen LogP) is 13.8. The maximum Gasteiger partial charge on any atom is 0.160 e. The Hall–Kier alpha value is -7.56. The zero-order valence-electron chi connectivity index (χ0n) is 30.3. The highest BCUT2D eigenvalue weighted by molar-refractivity contribution is 6.13. The standard InChI is InChI=1S/C52H33N3O/c1-4-15-34(16-5-1)37-21-14-22-38(29-37)44-31-40(32-45-43-24-11-13-26-50(43)56-51(44)45)55-48-25-12-10-23-41(48)42-28-27-39(30-49(42)55)52-53-46(35-17-6-2-7-18-35)33-47(54-52)36-19-8-3-9-20-36/h1-33H. The van der Waals surface area contributed by atoms with Gasteiger partial charge in [0.2, 0.25) is 0 Å². The maximum absolute atomic E-state index is 6.68. The zero-order chi connectivity index (χ0) is 37.0. The van der Waals surface area contributed by atoms with Crippen LogP contribution in [-0.4, -0.2) is 14.5 Å². The summed E-state index contributed by atoms with van der Waals surface area (Å²) in [6, 6.07) is 70.3. The molecule has 0 saturated heterocycles. The van der Waals surface area contributed by atoms with Gasteiger partial charge in [-0.15, -0.1) is 0 Å². The van der Waals surface area contributed by atoms with E-state index in [1.54, 1.807) is 0 Å². The molecule has 11 rings (SSSR count). The molecule has 0 aliphatic carbocycles. The lowest BCUT2D eigenvalue weighted by molar-refractivity contribution is 0.670. The van der Waals surface area contributed by atoms with Crippen LogP contribution in [-0.2, 0) is 0 Å². The van der Waals surface area contributed by atoms with Crippen molar-refractivity contribution in [3.05, 3.63) is 200 Å². The Kier molecular flexibility index (Phi) is 7.46. The van der Waals surface area contributed by atoms with Gasteiger partial charge in [0.05, 0.1) is 22.4 Å². The fourth-order valence-electron chi connectivity index (χ4n) is 8.13. The Morgan fingerprint density at radius 1 is 0.357 bits per heavy atom. The molecule has 0 bridgehead atoms. The fourth-order valence-corrected chi connectivity index (χ4v) is 8.13. The Morgan fingerprint density at radius 2 is 0.946 bits per heavy atom. The van der Waals surface area contributed by atoms with E-state index in [-0.39, 0.29) is 0 Å². The Bertz CT molecular complexity index is 3180. The van der Waals surface area contributed by atoms with Gasteiger partial charge in [0, 0.05) is 49.5 Å². The van der Waals surface area contributed by atoms with Crippen molar-refractivity contribution in [2.24, 2.45) is 0 Å². The van der Waals surface area contributed by atoms with Crippen molar-refractivity contribution in [1.29, 1.82) is 0 Å². The van der Waals surface area contributed by atoms with E-state index in [1.165, 1.54) is 10.9 Å². The van der Waals surface area contributed by atoms with E-state index >= 15 is 0 Å². The van der Waals surface area contributed by atoms with Crippen molar-refractivity contribution >= 4 is 43.7 Å². The highest BCUT2D eigenvalue weighted by atomic mass is 16.3. The van der Waals surface area contributed by atoms with Crippen molar-refractivity contribution in [2.75, 3.05) is 0 Å². The number of para-hydroxylation sites is 2. The van der Waals surface area contributed by atoms with Crippen LogP contribution in [0.5, 0.6) is 0 Å². The number of furan rings is 1. The van der Waals surface area contributed by atoms with Crippen molar-refractivity contribution in [2.45, 2.75) is 0 Å². The van der Waals surface area contributed by atoms with Gasteiger partial charge in [-0.2, -0.15) is 0 Å². The summed E-state index contributed by atoms with van der Waals surface area (Å²) in [6.07, 6.45) is 0. The topological polar surface area (TPSA) is 43.9 Å². The van der Waals surface area contributed by atoms with E-state index in [9.17, 15) is 0 Å². The molecular weight excluding hydrogens is 683 g/mol. The van der Waals surface area contributed by atoms with E-state index in [2.05, 4.69) is 187 Å². The van der Waals surface area contributed by atoms with Crippen molar-refractivity contribution < 1.29 is 4.42 Å². The van der Waals surface area contributed by atoms with Crippen LogP contribution in [0.4, 0.5) is 0 Å². The molecule has 3 aromatic heterocycles. The summed E-state index contributed by atoms with van der Waals surface area (Å²) in [6.45, 7) is 0. The first-order chi connectivity index (χ1) is 27.7. The molecule has 8 aromatic carbocycles. The summed E-state index contributed by atoms with van der Waals surface area (Å²) in [5, 5.41) is 4.51. The number of fused-ring (bicyclic) bond motifs is 6.